The van der Waals surface area contributed by atoms with E-state index in [0.29, 0.717) is 48.2 Å². The van der Waals surface area contributed by atoms with Crippen LogP contribution in [0.4, 0.5) is 4.79 Å². The van der Waals surface area contributed by atoms with Crippen LogP contribution >= 0.6 is 0 Å². The fraction of sp³-hybridized carbons (Fsp3) is 0.433. The monoisotopic (exact) mass is 518 g/mol. The van der Waals surface area contributed by atoms with Crippen LogP contribution in [0.5, 0.6) is 11.5 Å². The first-order chi connectivity index (χ1) is 18.2. The van der Waals surface area contributed by atoms with Crippen LogP contribution in [0.2, 0.25) is 0 Å². The maximum Gasteiger partial charge on any atom is 0.322 e. The molecule has 2 aromatic carbocycles. The summed E-state index contributed by atoms with van der Waals surface area (Å²) < 4.78 is 6.01. The summed E-state index contributed by atoms with van der Waals surface area (Å²) in [6.07, 6.45) is 0.537. The second-order valence-corrected chi connectivity index (χ2v) is 10.7. The molecule has 0 saturated carbocycles. The zero-order valence-corrected chi connectivity index (χ0v) is 22.9. The normalized spacial score (nSPS) is 18.1. The minimum Gasteiger partial charge on any atom is -0.457 e. The van der Waals surface area contributed by atoms with Gasteiger partial charge in [-0.25, -0.2) is 4.79 Å². The number of amides is 4. The number of rotatable bonds is 10. The molecule has 4 rings (SSSR count). The Kier molecular flexibility index (Phi) is 8.39. The quantitative estimate of drug-likeness (QED) is 0.471. The lowest BCUT2D eigenvalue weighted by atomic mass is 9.95. The Hall–Kier alpha value is -3.81. The molecule has 2 aromatic rings. The molecule has 2 N–H and O–H groups in total. The third-order valence-electron chi connectivity index (χ3n) is 6.79. The van der Waals surface area contributed by atoms with Crippen LogP contribution < -0.4 is 15.4 Å². The fourth-order valence-corrected chi connectivity index (χ4v) is 4.98. The maximum atomic E-state index is 14.0. The summed E-state index contributed by atoms with van der Waals surface area (Å²) in [5, 5.41) is 6.03. The van der Waals surface area contributed by atoms with Crippen molar-refractivity contribution in [1.82, 2.24) is 20.4 Å². The van der Waals surface area contributed by atoms with Gasteiger partial charge in [0.2, 0.25) is 5.91 Å². The van der Waals surface area contributed by atoms with Crippen molar-refractivity contribution in [2.24, 2.45) is 11.8 Å². The number of nitrogens with zero attached hydrogens (tertiary/aromatic N) is 2. The molecule has 2 unspecified atom stereocenters. The lowest BCUT2D eigenvalue weighted by Crippen LogP contribution is -2.50. The Bertz CT molecular complexity index is 1210. The van der Waals surface area contributed by atoms with Crippen LogP contribution in [0.25, 0.3) is 0 Å². The van der Waals surface area contributed by atoms with Gasteiger partial charge >= 0.3 is 6.03 Å². The van der Waals surface area contributed by atoms with Crippen LogP contribution in [-0.2, 0) is 9.59 Å². The number of urea groups is 1. The summed E-state index contributed by atoms with van der Waals surface area (Å²) >= 11 is 0. The summed E-state index contributed by atoms with van der Waals surface area (Å²) in [5.41, 5.74) is 1.91. The molecule has 0 aromatic heterocycles. The molecule has 8 nitrogen and oxygen atoms in total. The zero-order valence-electron chi connectivity index (χ0n) is 22.9. The van der Waals surface area contributed by atoms with E-state index in [9.17, 15) is 14.4 Å². The van der Waals surface area contributed by atoms with Gasteiger partial charge in [-0.2, -0.15) is 0 Å². The van der Waals surface area contributed by atoms with E-state index in [1.54, 1.807) is 9.80 Å². The van der Waals surface area contributed by atoms with Crippen molar-refractivity contribution in [2.75, 3.05) is 19.6 Å². The number of carbonyl (C=O) groups excluding carboxylic acids is 3. The minimum atomic E-state index is -0.643. The van der Waals surface area contributed by atoms with Crippen molar-refractivity contribution in [3.05, 3.63) is 71.4 Å². The standard InChI is InChI=1S/C30H38N4O4/c1-6-33-25-18-34(24(15-19(2)3)28(35)31-17-20(4)5)29(36)26(25)27(32-30(33)37)21-11-10-14-23(16-21)38-22-12-8-7-9-13-22/h7-14,16,19-20,24,27H,6,15,17-18H2,1-5H3,(H,31,35)(H,32,37). The number of nitrogens with one attached hydrogen (secondary N) is 2. The molecule has 202 valence electrons. The molecule has 0 radical (unpaired) electrons. The third kappa shape index (κ3) is 5.85. The zero-order chi connectivity index (χ0) is 27.4. The van der Waals surface area contributed by atoms with Crippen molar-refractivity contribution < 1.29 is 19.1 Å². The number of hydrogen-bond donors (Lipinski definition) is 2. The van der Waals surface area contributed by atoms with Gasteiger partial charge < -0.3 is 20.3 Å². The van der Waals surface area contributed by atoms with E-state index < -0.39 is 12.1 Å². The van der Waals surface area contributed by atoms with Crippen LogP contribution in [0.3, 0.4) is 0 Å². The van der Waals surface area contributed by atoms with Crippen LogP contribution in [-0.4, -0.2) is 53.3 Å². The van der Waals surface area contributed by atoms with E-state index in [2.05, 4.69) is 10.6 Å². The van der Waals surface area contributed by atoms with Gasteiger partial charge in [0.25, 0.3) is 5.91 Å². The molecule has 0 saturated heterocycles. The molecule has 0 fully saturated rings. The van der Waals surface area contributed by atoms with Gasteiger partial charge in [-0.1, -0.05) is 58.0 Å². The molecule has 0 spiro atoms. The maximum absolute atomic E-state index is 14.0. The van der Waals surface area contributed by atoms with E-state index in [0.717, 1.165) is 5.56 Å². The number of carbonyl (C=O) groups is 3. The molecule has 2 aliphatic heterocycles. The minimum absolute atomic E-state index is 0.155. The number of para-hydroxylation sites is 1. The highest BCUT2D eigenvalue weighted by Gasteiger charge is 2.46. The van der Waals surface area contributed by atoms with Gasteiger partial charge in [-0.3, -0.25) is 14.5 Å². The SMILES string of the molecule is CCN1C(=O)NC(c2cccc(Oc3ccccc3)c2)C2=C1CN(C(CC(C)C)C(=O)NCC(C)C)C2=O. The largest absolute Gasteiger partial charge is 0.457 e. The highest BCUT2D eigenvalue weighted by Crippen LogP contribution is 2.38. The first-order valence-corrected chi connectivity index (χ1v) is 13.4. The molecule has 8 heteroatoms. The van der Waals surface area contributed by atoms with Crippen LogP contribution in [0, 0.1) is 11.8 Å². The number of hydrogen-bond acceptors (Lipinski definition) is 4. The fourth-order valence-electron chi connectivity index (χ4n) is 4.98. The van der Waals surface area contributed by atoms with E-state index in [-0.39, 0.29) is 30.3 Å². The predicted molar refractivity (Wildman–Crippen MR) is 146 cm³/mol. The summed E-state index contributed by atoms with van der Waals surface area (Å²) in [6, 6.07) is 15.4. The smallest absolute Gasteiger partial charge is 0.322 e. The predicted octanol–water partition coefficient (Wildman–Crippen LogP) is 4.85. The second kappa shape index (κ2) is 11.7. The summed E-state index contributed by atoms with van der Waals surface area (Å²) in [5.74, 6) is 1.43. The van der Waals surface area contributed by atoms with Gasteiger partial charge in [-0.15, -0.1) is 0 Å². The van der Waals surface area contributed by atoms with Crippen LogP contribution in [0.1, 0.15) is 52.6 Å². The Morgan fingerprint density at radius 2 is 1.74 bits per heavy atom. The van der Waals surface area contributed by atoms with Gasteiger partial charge in [0.1, 0.15) is 17.5 Å². The Labute approximate surface area is 225 Å². The molecule has 0 bridgehead atoms. The summed E-state index contributed by atoms with van der Waals surface area (Å²) in [7, 11) is 0. The molecule has 2 atom stereocenters. The molecular weight excluding hydrogens is 480 g/mol. The number of likely N-dealkylation sites (N-methyl/N-ethyl adjacent to an activating group) is 1. The molecule has 2 aliphatic rings. The molecule has 38 heavy (non-hydrogen) atoms. The van der Waals surface area contributed by atoms with Gasteiger partial charge in [-0.05, 0) is 55.0 Å². The van der Waals surface area contributed by atoms with Crippen molar-refractivity contribution >= 4 is 17.8 Å². The highest BCUT2D eigenvalue weighted by molar-refractivity contribution is 6.03. The topological polar surface area (TPSA) is 91.0 Å². The summed E-state index contributed by atoms with van der Waals surface area (Å²) in [6.45, 7) is 11.2. The van der Waals surface area contributed by atoms with Crippen molar-refractivity contribution in [2.45, 2.75) is 53.1 Å². The van der Waals surface area contributed by atoms with Crippen molar-refractivity contribution in [3.8, 4) is 11.5 Å². The Balaban J connectivity index is 1.67. The second-order valence-electron chi connectivity index (χ2n) is 10.7. The summed E-state index contributed by atoms with van der Waals surface area (Å²) in [4.78, 5) is 43.7. The van der Waals surface area contributed by atoms with E-state index in [1.807, 2.05) is 89.2 Å². The number of benzene rings is 2. The highest BCUT2D eigenvalue weighted by atomic mass is 16.5. The van der Waals surface area contributed by atoms with Gasteiger partial charge in [0, 0.05) is 13.1 Å². The lowest BCUT2D eigenvalue weighted by Gasteiger charge is -2.33. The van der Waals surface area contributed by atoms with Crippen LogP contribution in [0.15, 0.2) is 65.9 Å². The van der Waals surface area contributed by atoms with E-state index >= 15 is 0 Å². The van der Waals surface area contributed by atoms with Crippen molar-refractivity contribution in [3.63, 3.8) is 0 Å². The third-order valence-corrected chi connectivity index (χ3v) is 6.79. The lowest BCUT2D eigenvalue weighted by molar-refractivity contribution is -0.137. The van der Waals surface area contributed by atoms with Crippen molar-refractivity contribution in [1.29, 1.82) is 0 Å². The average Bonchev–Trinajstić information content (AvgIpc) is 3.22. The number of ether oxygens (including phenoxy) is 1. The molecule has 4 amide bonds. The first kappa shape index (κ1) is 27.2. The Morgan fingerprint density at radius 1 is 1.03 bits per heavy atom. The van der Waals surface area contributed by atoms with E-state index in [4.69, 9.17) is 4.74 Å². The van der Waals surface area contributed by atoms with Gasteiger partial charge in [0.15, 0.2) is 0 Å². The molecular formula is C30H38N4O4. The molecule has 2 heterocycles. The van der Waals surface area contributed by atoms with E-state index in [1.165, 1.54) is 0 Å². The first-order valence-electron chi connectivity index (χ1n) is 13.4. The Morgan fingerprint density at radius 3 is 2.39 bits per heavy atom. The molecule has 0 aliphatic carbocycles. The van der Waals surface area contributed by atoms with Gasteiger partial charge in [0.05, 0.1) is 23.9 Å². The average molecular weight is 519 g/mol.